The van der Waals surface area contributed by atoms with Gasteiger partial charge in [-0.25, -0.2) is 9.88 Å². The lowest BCUT2D eigenvalue weighted by molar-refractivity contribution is -0.121. The summed E-state index contributed by atoms with van der Waals surface area (Å²) >= 11 is 4.60. The first-order chi connectivity index (χ1) is 12.4. The number of amides is 2. The van der Waals surface area contributed by atoms with Crippen molar-refractivity contribution in [3.05, 3.63) is 46.2 Å². The molecule has 132 valence electrons. The molecule has 0 radical (unpaired) electrons. The highest BCUT2D eigenvalue weighted by molar-refractivity contribution is 9.10. The van der Waals surface area contributed by atoms with Crippen LogP contribution in [0.5, 0.6) is 0 Å². The van der Waals surface area contributed by atoms with Gasteiger partial charge in [-0.05, 0) is 44.2 Å². The number of rotatable bonds is 3. The highest BCUT2D eigenvalue weighted by atomic mass is 79.9. The summed E-state index contributed by atoms with van der Waals surface area (Å²) in [5.41, 5.74) is 2.36. The molecule has 9 heteroatoms. The number of nitrogens with zero attached hydrogens (tertiary/aromatic N) is 5. The van der Waals surface area contributed by atoms with Crippen LogP contribution in [0.1, 0.15) is 17.8 Å². The molecule has 1 aromatic carbocycles. The second-order valence-corrected chi connectivity index (χ2v) is 8.10. The van der Waals surface area contributed by atoms with E-state index >= 15 is 0 Å². The summed E-state index contributed by atoms with van der Waals surface area (Å²) in [5, 5.41) is 8.27. The van der Waals surface area contributed by atoms with E-state index in [2.05, 4.69) is 31.1 Å². The fourth-order valence-electron chi connectivity index (χ4n) is 2.96. The van der Waals surface area contributed by atoms with Gasteiger partial charge in [0.05, 0.1) is 5.69 Å². The van der Waals surface area contributed by atoms with E-state index in [4.69, 9.17) is 0 Å². The van der Waals surface area contributed by atoms with Gasteiger partial charge in [0.25, 0.3) is 5.78 Å². The maximum atomic E-state index is 12.8. The third-order valence-corrected chi connectivity index (χ3v) is 5.76. The van der Waals surface area contributed by atoms with Crippen molar-refractivity contribution in [2.45, 2.75) is 30.7 Å². The number of carbonyl (C=O) groups is 2. The minimum atomic E-state index is -0.528. The number of benzene rings is 1. The zero-order valence-corrected chi connectivity index (χ0v) is 16.4. The van der Waals surface area contributed by atoms with E-state index in [1.807, 2.05) is 19.9 Å². The highest BCUT2D eigenvalue weighted by Gasteiger charge is 2.41. The summed E-state index contributed by atoms with van der Waals surface area (Å²) in [7, 11) is 0. The molecular weight excluding hydrogens is 418 g/mol. The number of imide groups is 1. The zero-order valence-electron chi connectivity index (χ0n) is 14.0. The Morgan fingerprint density at radius 2 is 1.88 bits per heavy atom. The second kappa shape index (κ2) is 6.48. The Labute approximate surface area is 161 Å². The molecule has 1 aliphatic heterocycles. The monoisotopic (exact) mass is 431 g/mol. The number of halogens is 1. The first kappa shape index (κ1) is 17.2. The largest absolute Gasteiger partial charge is 0.274 e. The molecule has 0 spiro atoms. The first-order valence-corrected chi connectivity index (χ1v) is 9.59. The van der Waals surface area contributed by atoms with Crippen LogP contribution in [0.25, 0.3) is 5.78 Å². The molecule has 0 N–H and O–H groups in total. The van der Waals surface area contributed by atoms with Crippen molar-refractivity contribution in [3.8, 4) is 0 Å². The van der Waals surface area contributed by atoms with Crippen molar-refractivity contribution in [3.63, 3.8) is 0 Å². The van der Waals surface area contributed by atoms with Crippen molar-refractivity contribution >= 4 is 51.0 Å². The lowest BCUT2D eigenvalue weighted by atomic mass is 10.3. The molecule has 2 aromatic heterocycles. The maximum absolute atomic E-state index is 12.8. The zero-order chi connectivity index (χ0) is 18.4. The van der Waals surface area contributed by atoms with Crippen molar-refractivity contribution < 1.29 is 9.59 Å². The summed E-state index contributed by atoms with van der Waals surface area (Å²) in [6.45, 7) is 3.83. The second-order valence-electron chi connectivity index (χ2n) is 6.01. The summed E-state index contributed by atoms with van der Waals surface area (Å²) in [4.78, 5) is 30.8. The Kier molecular flexibility index (Phi) is 4.28. The van der Waals surface area contributed by atoms with Gasteiger partial charge in [0.2, 0.25) is 11.8 Å². The van der Waals surface area contributed by atoms with E-state index in [0.29, 0.717) is 16.6 Å². The maximum Gasteiger partial charge on any atom is 0.256 e. The van der Waals surface area contributed by atoms with Gasteiger partial charge in [0.1, 0.15) is 5.25 Å². The molecule has 1 aliphatic rings. The highest BCUT2D eigenvalue weighted by Crippen LogP contribution is 2.34. The minimum absolute atomic E-state index is 0.132. The van der Waals surface area contributed by atoms with Crippen LogP contribution in [0.3, 0.4) is 0 Å². The molecule has 0 saturated carbocycles. The molecule has 3 heterocycles. The minimum Gasteiger partial charge on any atom is -0.274 e. The number of aryl methyl sites for hydroxylation is 2. The van der Waals surface area contributed by atoms with Crippen LogP contribution >= 0.6 is 27.7 Å². The van der Waals surface area contributed by atoms with Crippen LogP contribution in [0.2, 0.25) is 0 Å². The van der Waals surface area contributed by atoms with E-state index < -0.39 is 5.25 Å². The van der Waals surface area contributed by atoms with E-state index in [9.17, 15) is 9.59 Å². The molecule has 0 aliphatic carbocycles. The van der Waals surface area contributed by atoms with E-state index in [-0.39, 0.29) is 18.2 Å². The van der Waals surface area contributed by atoms with Gasteiger partial charge < -0.3 is 0 Å². The van der Waals surface area contributed by atoms with E-state index in [1.54, 1.807) is 28.7 Å². The summed E-state index contributed by atoms with van der Waals surface area (Å²) < 4.78 is 2.69. The van der Waals surface area contributed by atoms with Gasteiger partial charge in [-0.1, -0.05) is 27.7 Å². The molecule has 4 rings (SSSR count). The predicted molar refractivity (Wildman–Crippen MR) is 101 cm³/mol. The van der Waals surface area contributed by atoms with Gasteiger partial charge in [0.15, 0.2) is 5.16 Å². The predicted octanol–water partition coefficient (Wildman–Crippen LogP) is 2.93. The number of thioether (sulfide) groups is 1. The number of carbonyl (C=O) groups excluding carboxylic acids is 2. The van der Waals surface area contributed by atoms with Crippen molar-refractivity contribution in [1.82, 2.24) is 19.6 Å². The van der Waals surface area contributed by atoms with E-state index in [1.165, 1.54) is 16.7 Å². The molecule has 1 fully saturated rings. The van der Waals surface area contributed by atoms with Crippen molar-refractivity contribution in [2.75, 3.05) is 4.90 Å². The SMILES string of the molecule is Cc1cc(C)n2c(S[C@H]3CC(=O)N(c4ccc(Br)cc4)C3=O)nnc2n1. The molecule has 0 unspecified atom stereocenters. The molecule has 1 atom stereocenters. The van der Waals surface area contributed by atoms with Gasteiger partial charge in [0, 0.05) is 22.3 Å². The van der Waals surface area contributed by atoms with Gasteiger partial charge in [-0.15, -0.1) is 10.2 Å². The third-order valence-electron chi connectivity index (χ3n) is 4.10. The molecule has 3 aromatic rings. The smallest absolute Gasteiger partial charge is 0.256 e. The van der Waals surface area contributed by atoms with Gasteiger partial charge in [-0.2, -0.15) is 0 Å². The number of anilines is 1. The average molecular weight is 432 g/mol. The van der Waals surface area contributed by atoms with Crippen LogP contribution in [-0.4, -0.2) is 36.6 Å². The molecule has 2 amide bonds. The first-order valence-electron chi connectivity index (χ1n) is 7.92. The number of hydrogen-bond donors (Lipinski definition) is 0. The van der Waals surface area contributed by atoms with Crippen LogP contribution in [0, 0.1) is 13.8 Å². The van der Waals surface area contributed by atoms with Crippen LogP contribution in [0.15, 0.2) is 40.0 Å². The Hall–Kier alpha value is -2.26. The Morgan fingerprint density at radius 3 is 2.62 bits per heavy atom. The van der Waals surface area contributed by atoms with Crippen molar-refractivity contribution in [1.29, 1.82) is 0 Å². The fourth-order valence-corrected chi connectivity index (χ4v) is 4.33. The van der Waals surface area contributed by atoms with Crippen molar-refractivity contribution in [2.24, 2.45) is 0 Å². The normalized spacial score (nSPS) is 17.5. The van der Waals surface area contributed by atoms with Crippen LogP contribution in [0.4, 0.5) is 5.69 Å². The molecule has 7 nitrogen and oxygen atoms in total. The Balaban J connectivity index is 1.63. The Morgan fingerprint density at radius 1 is 1.15 bits per heavy atom. The molecule has 1 saturated heterocycles. The number of fused-ring (bicyclic) bond motifs is 1. The lowest BCUT2D eigenvalue weighted by Gasteiger charge is -2.14. The van der Waals surface area contributed by atoms with Gasteiger partial charge in [-0.3, -0.25) is 14.0 Å². The summed E-state index contributed by atoms with van der Waals surface area (Å²) in [6, 6.07) is 9.03. The van der Waals surface area contributed by atoms with Gasteiger partial charge >= 0.3 is 0 Å². The lowest BCUT2D eigenvalue weighted by Crippen LogP contribution is -2.31. The Bertz CT molecular complexity index is 1030. The third kappa shape index (κ3) is 2.90. The van der Waals surface area contributed by atoms with Crippen LogP contribution in [-0.2, 0) is 9.59 Å². The average Bonchev–Trinajstić information content (AvgIpc) is 3.10. The molecule has 26 heavy (non-hydrogen) atoms. The number of aromatic nitrogens is 4. The van der Waals surface area contributed by atoms with E-state index in [0.717, 1.165) is 15.9 Å². The summed E-state index contributed by atoms with van der Waals surface area (Å²) in [6.07, 6.45) is 0.132. The molecular formula is C17H14BrN5O2S. The fraction of sp³-hybridized carbons (Fsp3) is 0.235. The summed E-state index contributed by atoms with van der Waals surface area (Å²) in [5.74, 6) is 0.0395. The van der Waals surface area contributed by atoms with Crippen LogP contribution < -0.4 is 4.90 Å². The standard InChI is InChI=1S/C17H14BrN5O2S/c1-9-7-10(2)22-16(19-9)20-21-17(22)26-13-8-14(24)23(15(13)25)12-5-3-11(18)4-6-12/h3-7,13H,8H2,1-2H3/t13-/m0/s1. The topological polar surface area (TPSA) is 80.5 Å². The quantitative estimate of drug-likeness (QED) is 0.593. The number of hydrogen-bond acceptors (Lipinski definition) is 6. The molecule has 0 bridgehead atoms.